The standard InChI is InChI=1S/C16H16Cl2N2O3/c1-21-14-6-10(7-15(22-2)16(14)23-3)9-19-20-13-5-4-11(17)8-12(13)18/h4-9,20H,1-3H3/b19-9+. The van der Waals surface area contributed by atoms with Crippen LogP contribution in [0.4, 0.5) is 5.69 Å². The van der Waals surface area contributed by atoms with Crippen molar-refractivity contribution in [3.05, 3.63) is 45.9 Å². The minimum atomic E-state index is 0.486. The first-order valence-corrected chi connectivity index (χ1v) is 7.38. The van der Waals surface area contributed by atoms with E-state index in [2.05, 4.69) is 10.5 Å². The van der Waals surface area contributed by atoms with Gasteiger partial charge in [-0.05, 0) is 30.3 Å². The number of halogens is 2. The normalized spacial score (nSPS) is 10.7. The van der Waals surface area contributed by atoms with Gasteiger partial charge in [-0.3, -0.25) is 5.43 Å². The fraction of sp³-hybridized carbons (Fsp3) is 0.188. The summed E-state index contributed by atoms with van der Waals surface area (Å²) in [6.07, 6.45) is 1.62. The van der Waals surface area contributed by atoms with Crippen molar-refractivity contribution in [3.8, 4) is 17.2 Å². The summed E-state index contributed by atoms with van der Waals surface area (Å²) in [4.78, 5) is 0. The van der Waals surface area contributed by atoms with E-state index >= 15 is 0 Å². The molecule has 0 aliphatic rings. The monoisotopic (exact) mass is 354 g/mol. The van der Waals surface area contributed by atoms with Crippen molar-refractivity contribution in [1.29, 1.82) is 0 Å². The van der Waals surface area contributed by atoms with Crippen molar-refractivity contribution in [3.63, 3.8) is 0 Å². The highest BCUT2D eigenvalue weighted by Gasteiger charge is 2.12. The lowest BCUT2D eigenvalue weighted by molar-refractivity contribution is 0.324. The zero-order chi connectivity index (χ0) is 16.8. The summed E-state index contributed by atoms with van der Waals surface area (Å²) in [7, 11) is 4.67. The number of hydrazone groups is 1. The number of ether oxygens (including phenoxy) is 3. The third-order valence-electron chi connectivity index (χ3n) is 3.02. The molecule has 0 spiro atoms. The number of hydrogen-bond acceptors (Lipinski definition) is 5. The van der Waals surface area contributed by atoms with E-state index in [0.29, 0.717) is 33.0 Å². The second-order valence-electron chi connectivity index (χ2n) is 4.45. The number of methoxy groups -OCH3 is 3. The molecule has 23 heavy (non-hydrogen) atoms. The predicted octanol–water partition coefficient (Wildman–Crippen LogP) is 4.47. The van der Waals surface area contributed by atoms with Crippen LogP contribution in [0.3, 0.4) is 0 Å². The maximum absolute atomic E-state index is 6.07. The highest BCUT2D eigenvalue weighted by atomic mass is 35.5. The third-order valence-corrected chi connectivity index (χ3v) is 3.56. The van der Waals surface area contributed by atoms with Crippen LogP contribution in [-0.2, 0) is 0 Å². The molecule has 0 aliphatic carbocycles. The summed E-state index contributed by atoms with van der Waals surface area (Å²) < 4.78 is 15.9. The molecular weight excluding hydrogens is 339 g/mol. The molecule has 0 saturated carbocycles. The van der Waals surface area contributed by atoms with E-state index in [9.17, 15) is 0 Å². The third kappa shape index (κ3) is 4.21. The Kier molecular flexibility index (Phi) is 5.96. The lowest BCUT2D eigenvalue weighted by Crippen LogP contribution is -1.97. The van der Waals surface area contributed by atoms with Gasteiger partial charge in [0.1, 0.15) is 0 Å². The van der Waals surface area contributed by atoms with Gasteiger partial charge in [-0.2, -0.15) is 5.10 Å². The smallest absolute Gasteiger partial charge is 0.203 e. The summed E-state index contributed by atoms with van der Waals surface area (Å²) in [5.74, 6) is 1.64. The van der Waals surface area contributed by atoms with E-state index in [1.54, 1.807) is 57.9 Å². The Hall–Kier alpha value is -2.11. The van der Waals surface area contributed by atoms with Crippen molar-refractivity contribution in [2.45, 2.75) is 0 Å². The van der Waals surface area contributed by atoms with Gasteiger partial charge in [-0.15, -0.1) is 0 Å². The molecule has 122 valence electrons. The fourth-order valence-corrected chi connectivity index (χ4v) is 2.38. The van der Waals surface area contributed by atoms with E-state index in [4.69, 9.17) is 37.4 Å². The summed E-state index contributed by atoms with van der Waals surface area (Å²) in [5, 5.41) is 5.20. The van der Waals surface area contributed by atoms with Crippen LogP contribution in [0.15, 0.2) is 35.4 Å². The number of anilines is 1. The minimum absolute atomic E-state index is 0.486. The maximum atomic E-state index is 6.07. The molecule has 0 aliphatic heterocycles. The molecular formula is C16H16Cl2N2O3. The molecule has 0 radical (unpaired) electrons. The van der Waals surface area contributed by atoms with Crippen LogP contribution in [0, 0.1) is 0 Å². The van der Waals surface area contributed by atoms with Gasteiger partial charge in [0.15, 0.2) is 11.5 Å². The molecule has 7 heteroatoms. The molecule has 5 nitrogen and oxygen atoms in total. The average Bonchev–Trinajstić information content (AvgIpc) is 2.55. The van der Waals surface area contributed by atoms with Gasteiger partial charge in [0, 0.05) is 10.6 Å². The summed E-state index contributed by atoms with van der Waals surface area (Å²) >= 11 is 11.9. The Bertz CT molecular complexity index is 695. The lowest BCUT2D eigenvalue weighted by Gasteiger charge is -2.12. The Labute approximate surface area is 144 Å². The van der Waals surface area contributed by atoms with E-state index < -0.39 is 0 Å². The van der Waals surface area contributed by atoms with Crippen molar-refractivity contribution in [1.82, 2.24) is 0 Å². The van der Waals surface area contributed by atoms with Gasteiger partial charge < -0.3 is 14.2 Å². The van der Waals surface area contributed by atoms with Gasteiger partial charge in [-0.1, -0.05) is 23.2 Å². The van der Waals surface area contributed by atoms with Gasteiger partial charge in [0.05, 0.1) is 38.3 Å². The molecule has 0 atom stereocenters. The molecule has 0 aromatic heterocycles. The number of benzene rings is 2. The molecule has 0 fully saturated rings. The second kappa shape index (κ2) is 7.94. The van der Waals surface area contributed by atoms with Crippen LogP contribution in [0.1, 0.15) is 5.56 Å². The van der Waals surface area contributed by atoms with Crippen LogP contribution in [0.25, 0.3) is 0 Å². The molecule has 0 bridgehead atoms. The van der Waals surface area contributed by atoms with Crippen molar-refractivity contribution in [2.24, 2.45) is 5.10 Å². The first-order chi connectivity index (χ1) is 11.1. The maximum Gasteiger partial charge on any atom is 0.203 e. The Morgan fingerprint density at radius 3 is 2.13 bits per heavy atom. The highest BCUT2D eigenvalue weighted by molar-refractivity contribution is 6.36. The minimum Gasteiger partial charge on any atom is -0.493 e. The fourth-order valence-electron chi connectivity index (χ4n) is 1.93. The van der Waals surface area contributed by atoms with Crippen molar-refractivity contribution < 1.29 is 14.2 Å². The van der Waals surface area contributed by atoms with Gasteiger partial charge in [0.25, 0.3) is 0 Å². The zero-order valence-corrected chi connectivity index (χ0v) is 14.4. The largest absolute Gasteiger partial charge is 0.493 e. The van der Waals surface area contributed by atoms with Gasteiger partial charge in [-0.25, -0.2) is 0 Å². The first kappa shape index (κ1) is 17.2. The highest BCUT2D eigenvalue weighted by Crippen LogP contribution is 2.37. The number of nitrogens with zero attached hydrogens (tertiary/aromatic N) is 1. The zero-order valence-electron chi connectivity index (χ0n) is 12.9. The molecule has 2 aromatic rings. The average molecular weight is 355 g/mol. The number of hydrogen-bond donors (Lipinski definition) is 1. The van der Waals surface area contributed by atoms with Crippen LogP contribution in [0.5, 0.6) is 17.2 Å². The van der Waals surface area contributed by atoms with Gasteiger partial charge >= 0.3 is 0 Å². The van der Waals surface area contributed by atoms with E-state index in [1.807, 2.05) is 0 Å². The summed E-state index contributed by atoms with van der Waals surface area (Å²) in [5.41, 5.74) is 4.29. The first-order valence-electron chi connectivity index (χ1n) is 6.63. The Morgan fingerprint density at radius 2 is 1.61 bits per heavy atom. The van der Waals surface area contributed by atoms with E-state index in [1.165, 1.54) is 0 Å². The lowest BCUT2D eigenvalue weighted by atomic mass is 10.2. The van der Waals surface area contributed by atoms with Crippen LogP contribution in [-0.4, -0.2) is 27.5 Å². The van der Waals surface area contributed by atoms with E-state index in [-0.39, 0.29) is 0 Å². The molecule has 0 heterocycles. The Balaban J connectivity index is 2.22. The van der Waals surface area contributed by atoms with Crippen LogP contribution < -0.4 is 19.6 Å². The van der Waals surface area contributed by atoms with Crippen LogP contribution in [0.2, 0.25) is 10.0 Å². The summed E-state index contributed by atoms with van der Waals surface area (Å²) in [6.45, 7) is 0. The molecule has 0 saturated heterocycles. The quantitative estimate of drug-likeness (QED) is 0.614. The number of rotatable bonds is 6. The summed E-state index contributed by atoms with van der Waals surface area (Å²) in [6, 6.07) is 8.69. The van der Waals surface area contributed by atoms with Crippen molar-refractivity contribution >= 4 is 35.1 Å². The Morgan fingerprint density at radius 1 is 0.957 bits per heavy atom. The predicted molar refractivity (Wildman–Crippen MR) is 93.8 cm³/mol. The molecule has 2 rings (SSSR count). The topological polar surface area (TPSA) is 52.1 Å². The molecule has 0 unspecified atom stereocenters. The van der Waals surface area contributed by atoms with E-state index in [0.717, 1.165) is 5.56 Å². The SMILES string of the molecule is COc1cc(/C=N/Nc2ccc(Cl)cc2Cl)cc(OC)c1OC. The van der Waals surface area contributed by atoms with Crippen LogP contribution >= 0.6 is 23.2 Å². The molecule has 1 N–H and O–H groups in total. The molecule has 2 aromatic carbocycles. The van der Waals surface area contributed by atoms with Gasteiger partial charge in [0.2, 0.25) is 5.75 Å². The van der Waals surface area contributed by atoms with Crippen molar-refractivity contribution in [2.75, 3.05) is 26.8 Å². The molecule has 0 amide bonds. The second-order valence-corrected chi connectivity index (χ2v) is 5.30. The number of nitrogens with one attached hydrogen (secondary N) is 1.